The van der Waals surface area contributed by atoms with E-state index in [0.29, 0.717) is 21.6 Å². The lowest BCUT2D eigenvalue weighted by Crippen LogP contribution is -2.26. The fourth-order valence-corrected chi connectivity index (χ4v) is 5.11. The number of carbonyl (C=O) groups excluding carboxylic acids is 1. The molecule has 0 spiro atoms. The van der Waals surface area contributed by atoms with Crippen molar-refractivity contribution in [1.29, 1.82) is 5.26 Å². The van der Waals surface area contributed by atoms with E-state index in [1.807, 2.05) is 0 Å². The Balaban J connectivity index is 1.71. The largest absolute Gasteiger partial charge is 0.316 e. The van der Waals surface area contributed by atoms with Crippen molar-refractivity contribution in [3.63, 3.8) is 0 Å². The molecule has 138 valence electrons. The summed E-state index contributed by atoms with van der Waals surface area (Å²) in [5.41, 5.74) is 2.01. The number of aromatic nitrogens is 4. The minimum Gasteiger partial charge on any atom is -0.316 e. The van der Waals surface area contributed by atoms with Gasteiger partial charge in [-0.2, -0.15) is 5.26 Å². The van der Waals surface area contributed by atoms with Gasteiger partial charge in [-0.3, -0.25) is 4.79 Å². The molecule has 2 aromatic heterocycles. The summed E-state index contributed by atoms with van der Waals surface area (Å²) in [5.74, 6) is 0.648. The summed E-state index contributed by atoms with van der Waals surface area (Å²) in [7, 11) is 1.73. The summed E-state index contributed by atoms with van der Waals surface area (Å²) < 4.78 is 1.52. The van der Waals surface area contributed by atoms with Crippen LogP contribution in [0.25, 0.3) is 0 Å². The summed E-state index contributed by atoms with van der Waals surface area (Å²) in [6, 6.07) is 2.29. The van der Waals surface area contributed by atoms with Crippen LogP contribution in [-0.4, -0.2) is 31.9 Å². The fraction of sp³-hybridized carbons (Fsp3) is 0.588. The number of rotatable bonds is 4. The lowest BCUT2D eigenvalue weighted by atomic mass is 9.72. The molecule has 1 aliphatic carbocycles. The van der Waals surface area contributed by atoms with Gasteiger partial charge in [-0.15, -0.1) is 16.4 Å². The second-order valence-electron chi connectivity index (χ2n) is 7.55. The smallest absolute Gasteiger partial charge is 0.235 e. The van der Waals surface area contributed by atoms with E-state index < -0.39 is 0 Å². The van der Waals surface area contributed by atoms with E-state index in [1.165, 1.54) is 21.3 Å². The number of nitrogens with one attached hydrogen (secondary N) is 1. The molecule has 1 unspecified atom stereocenters. The molecule has 1 aliphatic rings. The number of nitriles is 1. The lowest BCUT2D eigenvalue weighted by Gasteiger charge is -2.33. The first-order valence-electron chi connectivity index (χ1n) is 8.49. The third-order valence-electron chi connectivity index (χ3n) is 4.77. The van der Waals surface area contributed by atoms with Crippen molar-refractivity contribution < 1.29 is 4.79 Å². The molecule has 0 fully saturated rings. The van der Waals surface area contributed by atoms with Gasteiger partial charge in [0.2, 0.25) is 11.1 Å². The molecular formula is C17H22N6OS2. The van der Waals surface area contributed by atoms with E-state index in [2.05, 4.69) is 47.7 Å². The number of nitrogens with zero attached hydrogens (tertiary/aromatic N) is 5. The van der Waals surface area contributed by atoms with Gasteiger partial charge >= 0.3 is 0 Å². The second kappa shape index (κ2) is 7.37. The van der Waals surface area contributed by atoms with Crippen molar-refractivity contribution in [2.45, 2.75) is 45.2 Å². The molecule has 1 N–H and O–H groups in total. The maximum Gasteiger partial charge on any atom is 0.235 e. The van der Waals surface area contributed by atoms with Crippen LogP contribution in [0.3, 0.4) is 0 Å². The number of tetrazole rings is 1. The molecule has 2 heterocycles. The van der Waals surface area contributed by atoms with E-state index in [-0.39, 0.29) is 17.1 Å². The van der Waals surface area contributed by atoms with Crippen molar-refractivity contribution in [2.24, 2.45) is 18.4 Å². The first-order valence-corrected chi connectivity index (χ1v) is 10.3. The van der Waals surface area contributed by atoms with Crippen molar-refractivity contribution in [3.05, 3.63) is 16.0 Å². The number of amides is 1. The van der Waals surface area contributed by atoms with Crippen molar-refractivity contribution in [1.82, 2.24) is 20.2 Å². The zero-order valence-corrected chi connectivity index (χ0v) is 17.0. The summed E-state index contributed by atoms with van der Waals surface area (Å²) in [4.78, 5) is 13.6. The molecule has 0 radical (unpaired) electrons. The molecule has 7 nitrogen and oxygen atoms in total. The minimum atomic E-state index is -0.152. The number of fused-ring (bicyclic) bond motifs is 1. The predicted molar refractivity (Wildman–Crippen MR) is 102 cm³/mol. The Labute approximate surface area is 161 Å². The highest BCUT2D eigenvalue weighted by Gasteiger charge is 2.32. The molecule has 2 aromatic rings. The van der Waals surface area contributed by atoms with Gasteiger partial charge in [0.05, 0.1) is 11.3 Å². The number of aryl methyl sites for hydroxylation is 1. The van der Waals surface area contributed by atoms with Crippen LogP contribution in [0, 0.1) is 22.7 Å². The van der Waals surface area contributed by atoms with Crippen LogP contribution in [0.4, 0.5) is 5.00 Å². The molecule has 0 saturated heterocycles. The predicted octanol–water partition coefficient (Wildman–Crippen LogP) is 3.03. The van der Waals surface area contributed by atoms with Gasteiger partial charge < -0.3 is 5.32 Å². The number of thiophene rings is 1. The molecule has 3 rings (SSSR count). The normalized spacial score (nSPS) is 16.8. The summed E-state index contributed by atoms with van der Waals surface area (Å²) in [6.45, 7) is 6.80. The third-order valence-corrected chi connectivity index (χ3v) is 6.95. The molecule has 0 saturated carbocycles. The molecular weight excluding hydrogens is 368 g/mol. The average Bonchev–Trinajstić information content (AvgIpc) is 3.13. The molecule has 26 heavy (non-hydrogen) atoms. The number of hydrogen-bond donors (Lipinski definition) is 1. The highest BCUT2D eigenvalue weighted by atomic mass is 32.2. The van der Waals surface area contributed by atoms with Crippen molar-refractivity contribution in [2.75, 3.05) is 11.1 Å². The maximum absolute atomic E-state index is 12.3. The van der Waals surface area contributed by atoms with Gasteiger partial charge in [0, 0.05) is 11.9 Å². The van der Waals surface area contributed by atoms with Gasteiger partial charge in [0.15, 0.2) is 0 Å². The topological polar surface area (TPSA) is 96.5 Å². The summed E-state index contributed by atoms with van der Waals surface area (Å²) in [5, 5.41) is 24.9. The molecule has 9 heteroatoms. The molecule has 0 aliphatic heterocycles. The van der Waals surface area contributed by atoms with Crippen LogP contribution in [0.1, 0.15) is 43.2 Å². The standard InChI is InChI=1S/C17H22N6OS2/c1-17(2,3)10-5-6-11-12(8-18)15(26-13(11)7-10)19-14(24)9-25-16-20-21-22-23(16)4/h10H,5-7,9H2,1-4H3,(H,19,24). The average molecular weight is 391 g/mol. The third kappa shape index (κ3) is 3.91. The van der Waals surface area contributed by atoms with E-state index in [9.17, 15) is 10.1 Å². The Morgan fingerprint density at radius 1 is 1.50 bits per heavy atom. The highest BCUT2D eigenvalue weighted by Crippen LogP contribution is 2.44. The van der Waals surface area contributed by atoms with Crippen LogP contribution in [0.15, 0.2) is 5.16 Å². The minimum absolute atomic E-state index is 0.152. The Kier molecular flexibility index (Phi) is 5.34. The van der Waals surface area contributed by atoms with E-state index in [4.69, 9.17) is 0 Å². The SMILES string of the molecule is Cn1nnnc1SCC(=O)Nc1sc2c(c1C#N)CCC(C(C)(C)C)C2. The monoisotopic (exact) mass is 390 g/mol. The summed E-state index contributed by atoms with van der Waals surface area (Å²) in [6.07, 6.45) is 2.98. The van der Waals surface area contributed by atoms with Crippen LogP contribution in [-0.2, 0) is 24.7 Å². The fourth-order valence-electron chi connectivity index (χ4n) is 3.17. The highest BCUT2D eigenvalue weighted by molar-refractivity contribution is 7.99. The first kappa shape index (κ1) is 18.9. The lowest BCUT2D eigenvalue weighted by molar-refractivity contribution is -0.113. The number of anilines is 1. The van der Waals surface area contributed by atoms with Crippen molar-refractivity contribution in [3.8, 4) is 6.07 Å². The maximum atomic E-state index is 12.3. The van der Waals surface area contributed by atoms with Gasteiger partial charge in [-0.05, 0) is 46.6 Å². The number of thioether (sulfide) groups is 1. The van der Waals surface area contributed by atoms with E-state index in [0.717, 1.165) is 24.8 Å². The van der Waals surface area contributed by atoms with Crippen LogP contribution < -0.4 is 5.32 Å². The van der Waals surface area contributed by atoms with Gasteiger partial charge in [-0.25, -0.2) is 4.68 Å². The van der Waals surface area contributed by atoms with Gasteiger partial charge in [-0.1, -0.05) is 32.5 Å². The number of carbonyl (C=O) groups is 1. The Hall–Kier alpha value is -1.92. The molecule has 1 atom stereocenters. The Bertz CT molecular complexity index is 858. The second-order valence-corrected chi connectivity index (χ2v) is 9.60. The zero-order chi connectivity index (χ0) is 18.9. The Morgan fingerprint density at radius 3 is 2.88 bits per heavy atom. The summed E-state index contributed by atoms with van der Waals surface area (Å²) >= 11 is 2.82. The quantitative estimate of drug-likeness (QED) is 0.806. The Morgan fingerprint density at radius 2 is 2.27 bits per heavy atom. The molecule has 0 bridgehead atoms. The van der Waals surface area contributed by atoms with E-state index in [1.54, 1.807) is 18.4 Å². The van der Waals surface area contributed by atoms with Crippen LogP contribution in [0.2, 0.25) is 0 Å². The number of hydrogen-bond acceptors (Lipinski definition) is 7. The molecule has 1 amide bonds. The van der Waals surface area contributed by atoms with Crippen molar-refractivity contribution >= 4 is 34.0 Å². The van der Waals surface area contributed by atoms with Crippen LogP contribution >= 0.6 is 23.1 Å². The molecule has 0 aromatic carbocycles. The van der Waals surface area contributed by atoms with Gasteiger partial charge in [0.25, 0.3) is 0 Å². The van der Waals surface area contributed by atoms with E-state index >= 15 is 0 Å². The zero-order valence-electron chi connectivity index (χ0n) is 15.4. The van der Waals surface area contributed by atoms with Crippen LogP contribution in [0.5, 0.6) is 0 Å². The first-order chi connectivity index (χ1) is 12.3. The van der Waals surface area contributed by atoms with Gasteiger partial charge in [0.1, 0.15) is 11.1 Å².